The summed E-state index contributed by atoms with van der Waals surface area (Å²) in [5.74, 6) is 0.616. The fourth-order valence-electron chi connectivity index (χ4n) is 2.59. The van der Waals surface area contributed by atoms with E-state index in [4.69, 9.17) is 0 Å². The van der Waals surface area contributed by atoms with Gasteiger partial charge in [0, 0.05) is 13.1 Å². The molecule has 0 N–H and O–H groups in total. The molecule has 3 aromatic rings. The molecular formula is C19H19N5. The van der Waals surface area contributed by atoms with Crippen LogP contribution in [-0.4, -0.2) is 21.5 Å². The summed E-state index contributed by atoms with van der Waals surface area (Å²) in [6, 6.07) is 20.2. The lowest BCUT2D eigenvalue weighted by Gasteiger charge is -2.20. The Morgan fingerprint density at radius 1 is 1.08 bits per heavy atom. The molecule has 0 fully saturated rings. The van der Waals surface area contributed by atoms with E-state index in [1.807, 2.05) is 49.4 Å². The summed E-state index contributed by atoms with van der Waals surface area (Å²) in [4.78, 5) is 3.60. The summed E-state index contributed by atoms with van der Waals surface area (Å²) in [6.45, 7) is 5.51. The van der Waals surface area contributed by atoms with Crippen LogP contribution in [-0.2, 0) is 6.54 Å². The SMILES string of the molecule is CCN(Cc1ccccc1)c1nn(-c2cccc(C)c2)nc1C#N. The molecule has 24 heavy (non-hydrogen) atoms. The van der Waals surface area contributed by atoms with Gasteiger partial charge in [0.2, 0.25) is 5.69 Å². The summed E-state index contributed by atoms with van der Waals surface area (Å²) in [7, 11) is 0. The third kappa shape index (κ3) is 3.28. The molecule has 5 nitrogen and oxygen atoms in total. The third-order valence-electron chi connectivity index (χ3n) is 3.83. The van der Waals surface area contributed by atoms with Crippen LogP contribution in [0.4, 0.5) is 5.82 Å². The maximum atomic E-state index is 9.45. The van der Waals surface area contributed by atoms with Crippen LogP contribution in [0.3, 0.4) is 0 Å². The first kappa shape index (κ1) is 15.8. The number of nitriles is 1. The summed E-state index contributed by atoms with van der Waals surface area (Å²) >= 11 is 0. The first-order chi connectivity index (χ1) is 11.7. The number of hydrogen-bond acceptors (Lipinski definition) is 4. The van der Waals surface area contributed by atoms with Crippen LogP contribution < -0.4 is 4.90 Å². The van der Waals surface area contributed by atoms with Crippen molar-refractivity contribution >= 4 is 5.82 Å². The predicted molar refractivity (Wildman–Crippen MR) is 94.0 cm³/mol. The van der Waals surface area contributed by atoms with Gasteiger partial charge in [-0.2, -0.15) is 5.26 Å². The highest BCUT2D eigenvalue weighted by atomic mass is 15.5. The van der Waals surface area contributed by atoms with Gasteiger partial charge >= 0.3 is 0 Å². The summed E-state index contributed by atoms with van der Waals surface area (Å²) in [5.41, 5.74) is 3.50. The molecule has 0 aliphatic rings. The van der Waals surface area contributed by atoms with E-state index >= 15 is 0 Å². The molecule has 0 unspecified atom stereocenters. The van der Waals surface area contributed by atoms with Gasteiger partial charge in [-0.05, 0) is 37.1 Å². The van der Waals surface area contributed by atoms with Crippen molar-refractivity contribution in [3.8, 4) is 11.8 Å². The minimum Gasteiger partial charge on any atom is -0.349 e. The van der Waals surface area contributed by atoms with E-state index in [2.05, 4.69) is 40.2 Å². The molecule has 2 aromatic carbocycles. The van der Waals surface area contributed by atoms with E-state index in [9.17, 15) is 5.26 Å². The Morgan fingerprint density at radius 2 is 1.88 bits per heavy atom. The van der Waals surface area contributed by atoms with E-state index in [1.165, 1.54) is 10.4 Å². The topological polar surface area (TPSA) is 57.7 Å². The second kappa shape index (κ2) is 6.97. The zero-order chi connectivity index (χ0) is 16.9. The molecule has 0 saturated carbocycles. The van der Waals surface area contributed by atoms with Gasteiger partial charge in [0.25, 0.3) is 0 Å². The normalized spacial score (nSPS) is 10.4. The van der Waals surface area contributed by atoms with Crippen molar-refractivity contribution in [2.24, 2.45) is 0 Å². The van der Waals surface area contributed by atoms with Crippen LogP contribution >= 0.6 is 0 Å². The Morgan fingerprint density at radius 3 is 2.54 bits per heavy atom. The predicted octanol–water partition coefficient (Wildman–Crippen LogP) is 3.47. The minimum absolute atomic E-state index is 0.342. The third-order valence-corrected chi connectivity index (χ3v) is 3.83. The molecule has 0 bridgehead atoms. The molecule has 0 amide bonds. The van der Waals surface area contributed by atoms with Gasteiger partial charge in [-0.25, -0.2) is 0 Å². The number of nitrogens with zero attached hydrogens (tertiary/aromatic N) is 5. The van der Waals surface area contributed by atoms with Crippen molar-refractivity contribution in [2.75, 3.05) is 11.4 Å². The zero-order valence-electron chi connectivity index (χ0n) is 13.8. The molecule has 0 saturated heterocycles. The molecule has 3 rings (SSSR count). The first-order valence-corrected chi connectivity index (χ1v) is 7.94. The molecule has 0 aliphatic carbocycles. The lowest BCUT2D eigenvalue weighted by Crippen LogP contribution is -2.23. The van der Waals surface area contributed by atoms with Crippen LogP contribution in [0.15, 0.2) is 54.6 Å². The standard InChI is InChI=1S/C19H19N5/c1-3-23(14-16-9-5-4-6-10-16)19-18(13-20)21-24(22-19)17-11-7-8-15(2)12-17/h4-12H,3,14H2,1-2H3. The minimum atomic E-state index is 0.342. The molecule has 0 radical (unpaired) electrons. The monoisotopic (exact) mass is 317 g/mol. The lowest BCUT2D eigenvalue weighted by molar-refractivity contribution is 0.732. The highest BCUT2D eigenvalue weighted by Crippen LogP contribution is 2.20. The Hall–Kier alpha value is -3.13. The van der Waals surface area contributed by atoms with Crippen molar-refractivity contribution in [3.63, 3.8) is 0 Å². The molecule has 0 atom stereocenters. The summed E-state index contributed by atoms with van der Waals surface area (Å²) in [6.07, 6.45) is 0. The van der Waals surface area contributed by atoms with Gasteiger partial charge in [0.05, 0.1) is 5.69 Å². The largest absolute Gasteiger partial charge is 0.349 e. The molecule has 0 spiro atoms. The summed E-state index contributed by atoms with van der Waals surface area (Å²) < 4.78 is 0. The molecule has 120 valence electrons. The first-order valence-electron chi connectivity index (χ1n) is 7.94. The van der Waals surface area contributed by atoms with Crippen molar-refractivity contribution in [1.82, 2.24) is 15.0 Å². The van der Waals surface area contributed by atoms with E-state index in [-0.39, 0.29) is 0 Å². The highest BCUT2D eigenvalue weighted by molar-refractivity contribution is 5.50. The van der Waals surface area contributed by atoms with E-state index in [1.54, 1.807) is 0 Å². The van der Waals surface area contributed by atoms with Gasteiger partial charge in [0.1, 0.15) is 6.07 Å². The van der Waals surface area contributed by atoms with Gasteiger partial charge in [-0.1, -0.05) is 42.5 Å². The second-order valence-corrected chi connectivity index (χ2v) is 5.61. The Kier molecular flexibility index (Phi) is 4.57. The van der Waals surface area contributed by atoms with Gasteiger partial charge in [-0.15, -0.1) is 15.0 Å². The molecule has 5 heteroatoms. The molecule has 1 aromatic heterocycles. The van der Waals surface area contributed by atoms with Crippen molar-refractivity contribution in [3.05, 3.63) is 71.4 Å². The molecular weight excluding hydrogens is 298 g/mol. The van der Waals surface area contributed by atoms with Gasteiger partial charge in [-0.3, -0.25) is 0 Å². The number of rotatable bonds is 5. The maximum Gasteiger partial charge on any atom is 0.207 e. The fraction of sp³-hybridized carbons (Fsp3) is 0.211. The van der Waals surface area contributed by atoms with Crippen LogP contribution in [0.5, 0.6) is 0 Å². The van der Waals surface area contributed by atoms with E-state index in [0.29, 0.717) is 18.1 Å². The van der Waals surface area contributed by atoms with Crippen LogP contribution in [0.1, 0.15) is 23.7 Å². The van der Waals surface area contributed by atoms with Crippen LogP contribution in [0.25, 0.3) is 5.69 Å². The number of aromatic nitrogens is 3. The highest BCUT2D eigenvalue weighted by Gasteiger charge is 2.18. The quantitative estimate of drug-likeness (QED) is 0.723. The lowest BCUT2D eigenvalue weighted by atomic mass is 10.2. The average Bonchev–Trinajstić information content (AvgIpc) is 3.05. The Labute approximate surface area is 141 Å². The van der Waals surface area contributed by atoms with E-state index in [0.717, 1.165) is 17.8 Å². The van der Waals surface area contributed by atoms with Crippen molar-refractivity contribution in [2.45, 2.75) is 20.4 Å². The van der Waals surface area contributed by atoms with Gasteiger partial charge < -0.3 is 4.90 Å². The average molecular weight is 317 g/mol. The Balaban J connectivity index is 1.96. The van der Waals surface area contributed by atoms with Crippen LogP contribution in [0.2, 0.25) is 0 Å². The smallest absolute Gasteiger partial charge is 0.207 e. The molecule has 0 aliphatic heterocycles. The van der Waals surface area contributed by atoms with Crippen molar-refractivity contribution in [1.29, 1.82) is 5.26 Å². The van der Waals surface area contributed by atoms with E-state index < -0.39 is 0 Å². The molecule has 1 heterocycles. The van der Waals surface area contributed by atoms with Crippen molar-refractivity contribution < 1.29 is 0 Å². The zero-order valence-corrected chi connectivity index (χ0v) is 13.8. The number of benzene rings is 2. The Bertz CT molecular complexity index is 861. The summed E-state index contributed by atoms with van der Waals surface area (Å²) in [5, 5.41) is 18.4. The maximum absolute atomic E-state index is 9.45. The number of anilines is 1. The fourth-order valence-corrected chi connectivity index (χ4v) is 2.59. The van der Waals surface area contributed by atoms with Gasteiger partial charge in [0.15, 0.2) is 5.82 Å². The number of aryl methyl sites for hydroxylation is 1. The van der Waals surface area contributed by atoms with Crippen LogP contribution in [0, 0.1) is 18.3 Å². The number of hydrogen-bond donors (Lipinski definition) is 0. The second-order valence-electron chi connectivity index (χ2n) is 5.61.